The Morgan fingerprint density at radius 2 is 1.77 bits per heavy atom. The van der Waals surface area contributed by atoms with Crippen LogP contribution in [-0.4, -0.2) is 112 Å². The zero-order valence-corrected chi connectivity index (χ0v) is 43.5. The first-order valence-corrected chi connectivity index (χ1v) is 26.5. The summed E-state index contributed by atoms with van der Waals surface area (Å²) < 4.78 is 74.2. The third kappa shape index (κ3) is 10.1. The molecule has 2 saturated heterocycles. The minimum atomic E-state index is -5.08. The smallest absolute Gasteiger partial charge is 0.404 e. The molecule has 3 aliphatic heterocycles. The van der Waals surface area contributed by atoms with Gasteiger partial charge in [0.1, 0.15) is 22.2 Å². The minimum Gasteiger partial charge on any atom is -0.404 e. The lowest BCUT2D eigenvalue weighted by Gasteiger charge is -2.48. The van der Waals surface area contributed by atoms with Crippen LogP contribution >= 0.6 is 0 Å². The molecule has 3 aromatic heterocycles. The predicted molar refractivity (Wildman–Crippen MR) is 278 cm³/mol. The number of alkyl halides is 3. The number of carbonyl (C=O) groups excluding carboxylic acids is 2. The van der Waals surface area contributed by atoms with Gasteiger partial charge in [-0.3, -0.25) is 24.2 Å². The monoisotopic (exact) mass is 1040 g/mol. The molecule has 0 radical (unpaired) electrons. The average Bonchev–Trinajstić information content (AvgIpc) is 3.84. The lowest BCUT2D eigenvalue weighted by molar-refractivity contribution is -0.275. The number of anilines is 6. The van der Waals surface area contributed by atoms with Gasteiger partial charge < -0.3 is 39.4 Å². The number of sulfone groups is 1. The van der Waals surface area contributed by atoms with E-state index in [1.54, 1.807) is 48.6 Å². The van der Waals surface area contributed by atoms with Crippen LogP contribution in [0.1, 0.15) is 81.7 Å². The molecule has 2 aromatic carbocycles. The Morgan fingerprint density at radius 1 is 1.00 bits per heavy atom. The normalized spacial score (nSPS) is 20.1. The summed E-state index contributed by atoms with van der Waals surface area (Å²) in [6, 6.07) is 13.1. The lowest BCUT2D eigenvalue weighted by atomic mass is 9.90. The number of halogens is 3. The molecule has 0 saturated carbocycles. The zero-order chi connectivity index (χ0) is 53.2. The standard InChI is InChI=1S/C53H63F3N10O7S/c1-9-47(68)59-40-24-35(58-48-51(70)61(8)29-41(60-48)38-14-16-57-49(39(38)30-67)66-21-20-65-43(50(66)69)23-34-26-52(6,7)27-44(34)65)10-12-42(40)64-19-18-62(28-33(64)5)36-15-17-63(32(4)22-36)37-11-13-46(74(71,72)31(2)3)45(25-37)73-53(54,55)56/h9-14,16,23-25,29,31-33,36,67H,1,15,17-22,26-28,30H2,2-8H3,(H,58,60)(H,59,68)/t32-,33-,36?/m0/s1. The van der Waals surface area contributed by atoms with E-state index in [0.29, 0.717) is 97.5 Å². The van der Waals surface area contributed by atoms with Crippen molar-refractivity contribution in [1.29, 1.82) is 0 Å². The number of amides is 2. The van der Waals surface area contributed by atoms with Crippen LogP contribution in [-0.2, 0) is 47.7 Å². The first kappa shape index (κ1) is 52.2. The fraction of sp³-hybridized carbons (Fsp3) is 0.453. The number of rotatable bonds is 13. The van der Waals surface area contributed by atoms with E-state index in [4.69, 9.17) is 4.98 Å². The summed E-state index contributed by atoms with van der Waals surface area (Å²) in [5.74, 6) is -1.06. The van der Waals surface area contributed by atoms with Gasteiger partial charge in [0.15, 0.2) is 15.7 Å². The summed E-state index contributed by atoms with van der Waals surface area (Å²) in [5, 5.41) is 16.0. The Kier molecular flexibility index (Phi) is 14.0. The van der Waals surface area contributed by atoms with E-state index in [2.05, 4.69) is 62.1 Å². The zero-order valence-electron chi connectivity index (χ0n) is 42.7. The fourth-order valence-corrected chi connectivity index (χ4v) is 12.4. The van der Waals surface area contributed by atoms with Crippen LogP contribution in [0.2, 0.25) is 0 Å². The van der Waals surface area contributed by atoms with Gasteiger partial charge in [-0.05, 0) is 113 Å². The summed E-state index contributed by atoms with van der Waals surface area (Å²) >= 11 is 0. The van der Waals surface area contributed by atoms with Crippen LogP contribution in [0.5, 0.6) is 5.75 Å². The van der Waals surface area contributed by atoms with Gasteiger partial charge in [0, 0.05) is 111 Å². The maximum absolute atomic E-state index is 14.1. The number of piperazine rings is 1. The second kappa shape index (κ2) is 19.9. The van der Waals surface area contributed by atoms with Crippen molar-refractivity contribution in [2.45, 2.75) is 115 Å². The molecular formula is C53H63F3N10O7S. The van der Waals surface area contributed by atoms with Gasteiger partial charge in [0.2, 0.25) is 5.91 Å². The maximum atomic E-state index is 14.1. The highest BCUT2D eigenvalue weighted by Crippen LogP contribution is 2.42. The second-order valence-electron chi connectivity index (χ2n) is 20.9. The summed E-state index contributed by atoms with van der Waals surface area (Å²) in [4.78, 5) is 57.7. The molecule has 3 N–H and O–H groups in total. The van der Waals surface area contributed by atoms with E-state index in [0.717, 1.165) is 18.5 Å². The quantitative estimate of drug-likeness (QED) is 0.0989. The van der Waals surface area contributed by atoms with E-state index in [1.165, 1.54) is 47.9 Å². The number of fused-ring (bicyclic) bond motifs is 3. The Balaban J connectivity index is 0.909. The van der Waals surface area contributed by atoms with Crippen molar-refractivity contribution in [3.05, 3.63) is 106 Å². The van der Waals surface area contributed by atoms with Crippen molar-refractivity contribution in [3.8, 4) is 17.0 Å². The second-order valence-corrected chi connectivity index (χ2v) is 23.4. The molecule has 9 rings (SSSR count). The van der Waals surface area contributed by atoms with Crippen LogP contribution in [0, 0.1) is 5.41 Å². The van der Waals surface area contributed by atoms with Crippen molar-refractivity contribution in [2.75, 3.05) is 58.1 Å². The highest BCUT2D eigenvalue weighted by molar-refractivity contribution is 7.92. The number of hydrogen-bond donors (Lipinski definition) is 3. The van der Waals surface area contributed by atoms with E-state index in [1.807, 2.05) is 24.0 Å². The van der Waals surface area contributed by atoms with Gasteiger partial charge in [-0.15, -0.1) is 13.2 Å². The van der Waals surface area contributed by atoms with Crippen LogP contribution in [0.3, 0.4) is 0 Å². The molecule has 0 spiro atoms. The SMILES string of the molecule is C=CC(=O)Nc1cc(Nc2nc(-c3ccnc(N4CCn5c(cc6c5CC(C)(C)C6)C4=O)c3CO)cn(C)c2=O)ccc1N1CCN(C2CCN(c3ccc(S(=O)(=O)C(C)C)c(OC(F)(F)F)c3)[C@@H](C)C2)C[C@@H]1C. The fourth-order valence-electron chi connectivity index (χ4n) is 11.2. The van der Waals surface area contributed by atoms with Crippen molar-refractivity contribution < 1.29 is 41.0 Å². The first-order valence-electron chi connectivity index (χ1n) is 24.9. The van der Waals surface area contributed by atoms with E-state index in [9.17, 15) is 41.1 Å². The number of ether oxygens (including phenoxy) is 1. The van der Waals surface area contributed by atoms with E-state index >= 15 is 0 Å². The maximum Gasteiger partial charge on any atom is 0.573 e. The lowest BCUT2D eigenvalue weighted by Crippen LogP contribution is -2.58. The predicted octanol–water partition coefficient (Wildman–Crippen LogP) is 7.44. The molecule has 17 nitrogen and oxygen atoms in total. The molecular weight excluding hydrogens is 978 g/mol. The molecule has 21 heteroatoms. The van der Waals surface area contributed by atoms with Crippen molar-refractivity contribution >= 4 is 56.0 Å². The Bertz CT molecular complexity index is 3210. The summed E-state index contributed by atoms with van der Waals surface area (Å²) in [6.45, 7) is 18.0. The van der Waals surface area contributed by atoms with E-state index in [-0.39, 0.29) is 35.3 Å². The van der Waals surface area contributed by atoms with Crippen LogP contribution in [0.25, 0.3) is 11.3 Å². The Hall–Kier alpha value is -6.71. The summed E-state index contributed by atoms with van der Waals surface area (Å²) in [5.41, 5.74) is 6.08. The van der Waals surface area contributed by atoms with E-state index < -0.39 is 50.2 Å². The summed E-state index contributed by atoms with van der Waals surface area (Å²) in [7, 11) is -2.46. The van der Waals surface area contributed by atoms with Crippen LogP contribution in [0.4, 0.5) is 47.6 Å². The molecule has 3 atom stereocenters. The number of aromatic nitrogens is 4. The number of pyridine rings is 1. The van der Waals surface area contributed by atoms with Gasteiger partial charge in [0.25, 0.3) is 11.5 Å². The third-order valence-corrected chi connectivity index (χ3v) is 17.1. The molecule has 394 valence electrons. The van der Waals surface area contributed by atoms with Gasteiger partial charge in [-0.2, -0.15) is 0 Å². The van der Waals surface area contributed by atoms with Gasteiger partial charge >= 0.3 is 6.36 Å². The van der Waals surface area contributed by atoms with Gasteiger partial charge in [0.05, 0.1) is 28.9 Å². The molecule has 2 fully saturated rings. The molecule has 6 heterocycles. The minimum absolute atomic E-state index is 0.0151. The largest absolute Gasteiger partial charge is 0.573 e. The van der Waals surface area contributed by atoms with Crippen molar-refractivity contribution in [3.63, 3.8) is 0 Å². The number of piperidine rings is 1. The number of aliphatic hydroxyl groups is 1. The highest BCUT2D eigenvalue weighted by atomic mass is 32.2. The van der Waals surface area contributed by atoms with Gasteiger partial charge in [-0.25, -0.2) is 18.4 Å². The van der Waals surface area contributed by atoms with Crippen molar-refractivity contribution in [1.82, 2.24) is 24.0 Å². The van der Waals surface area contributed by atoms with Gasteiger partial charge in [-0.1, -0.05) is 20.4 Å². The average molecular weight is 1040 g/mol. The highest BCUT2D eigenvalue weighted by Gasteiger charge is 2.40. The van der Waals surface area contributed by atoms with Crippen LogP contribution in [0.15, 0.2) is 83.3 Å². The number of aliphatic hydroxyl groups excluding tert-OH is 1. The molecule has 5 aromatic rings. The number of aryl methyl sites for hydroxylation is 1. The number of nitrogens with one attached hydrogen (secondary N) is 2. The van der Waals surface area contributed by atoms with Crippen LogP contribution < -0.4 is 35.6 Å². The first-order chi connectivity index (χ1) is 35.0. The number of hydrogen-bond acceptors (Lipinski definition) is 13. The topological polar surface area (TPSA) is 187 Å². The van der Waals surface area contributed by atoms with Crippen molar-refractivity contribution in [2.24, 2.45) is 12.5 Å². The Labute approximate surface area is 428 Å². The molecule has 2 amide bonds. The molecule has 0 bridgehead atoms. The number of benzene rings is 2. The Morgan fingerprint density at radius 3 is 2.46 bits per heavy atom. The third-order valence-electron chi connectivity index (χ3n) is 14.9. The molecule has 1 unspecified atom stereocenters. The molecule has 1 aliphatic carbocycles. The number of carbonyl (C=O) groups is 2. The molecule has 74 heavy (non-hydrogen) atoms. The summed E-state index contributed by atoms with van der Waals surface area (Å²) in [6.07, 6.45) is 2.45. The molecule has 4 aliphatic rings. The number of nitrogens with zero attached hydrogens (tertiary/aromatic N) is 8.